The number of H-pyrrole nitrogens is 2. The lowest BCUT2D eigenvalue weighted by molar-refractivity contribution is -0.118. The summed E-state index contributed by atoms with van der Waals surface area (Å²) in [4.78, 5) is 37.2. The fourth-order valence-corrected chi connectivity index (χ4v) is 4.77. The van der Waals surface area contributed by atoms with Gasteiger partial charge < -0.3 is 23.9 Å². The Hall–Kier alpha value is -3.59. The van der Waals surface area contributed by atoms with E-state index in [1.54, 1.807) is 19.9 Å². The van der Waals surface area contributed by atoms with E-state index in [1.165, 1.54) is 6.07 Å². The molecule has 3 aromatic heterocycles. The second-order valence-corrected chi connectivity index (χ2v) is 9.40. The van der Waals surface area contributed by atoms with Crippen molar-refractivity contribution in [2.75, 3.05) is 18.0 Å². The monoisotopic (exact) mass is 495 g/mol. The summed E-state index contributed by atoms with van der Waals surface area (Å²) in [5.74, 6) is 1.13. The van der Waals surface area contributed by atoms with Crippen LogP contribution in [0, 0.1) is 5.92 Å². The number of benzene rings is 1. The van der Waals surface area contributed by atoms with Crippen molar-refractivity contribution < 1.29 is 14.1 Å². The van der Waals surface area contributed by atoms with Gasteiger partial charge in [0, 0.05) is 30.8 Å². The molecule has 1 atom stereocenters. The van der Waals surface area contributed by atoms with Crippen LogP contribution in [-0.4, -0.2) is 39.0 Å². The third-order valence-electron chi connectivity index (χ3n) is 6.33. The SMILES string of the molecule is CC(=O)CC1CCN(c2ccc(-c3nc4nc(OC(C)c5cc(=O)[nH]o5)[nH]c4cc3Cl)cc2)CC1. The fraction of sp³-hybridized carbons (Fsp3) is 0.360. The Labute approximate surface area is 206 Å². The highest BCUT2D eigenvalue weighted by Crippen LogP contribution is 2.32. The molecule has 1 aliphatic rings. The van der Waals surface area contributed by atoms with Crippen molar-refractivity contribution in [3.05, 3.63) is 57.5 Å². The Morgan fingerprint density at radius 1 is 1.23 bits per heavy atom. The van der Waals surface area contributed by atoms with Gasteiger partial charge in [-0.05, 0) is 50.8 Å². The number of nitrogens with one attached hydrogen (secondary N) is 2. The normalized spacial score (nSPS) is 15.5. The number of hydrogen-bond donors (Lipinski definition) is 2. The quantitative estimate of drug-likeness (QED) is 0.374. The Bertz CT molecular complexity index is 1400. The number of nitrogens with zero attached hydrogens (tertiary/aromatic N) is 3. The van der Waals surface area contributed by atoms with Gasteiger partial charge in [-0.2, -0.15) is 10.1 Å². The molecule has 0 bridgehead atoms. The number of halogens is 1. The molecule has 9 nitrogen and oxygen atoms in total. The molecule has 182 valence electrons. The van der Waals surface area contributed by atoms with E-state index < -0.39 is 6.10 Å². The molecule has 10 heteroatoms. The summed E-state index contributed by atoms with van der Waals surface area (Å²) < 4.78 is 10.9. The van der Waals surface area contributed by atoms with Crippen molar-refractivity contribution in [1.82, 2.24) is 20.1 Å². The second kappa shape index (κ2) is 9.58. The summed E-state index contributed by atoms with van der Waals surface area (Å²) in [7, 11) is 0. The van der Waals surface area contributed by atoms with E-state index in [0.29, 0.717) is 40.0 Å². The largest absolute Gasteiger partial charge is 0.453 e. The predicted molar refractivity (Wildman–Crippen MR) is 133 cm³/mol. The summed E-state index contributed by atoms with van der Waals surface area (Å²) in [6, 6.07) is 11.5. The highest BCUT2D eigenvalue weighted by Gasteiger charge is 2.21. The Kier molecular flexibility index (Phi) is 6.34. The molecular formula is C25H26ClN5O4. The Balaban J connectivity index is 1.31. The Morgan fingerprint density at radius 2 is 1.97 bits per heavy atom. The number of rotatable bonds is 7. The molecular weight excluding hydrogens is 470 g/mol. The number of fused-ring (bicyclic) bond motifs is 1. The smallest absolute Gasteiger partial charge is 0.296 e. The number of ketones is 1. The van der Waals surface area contributed by atoms with E-state index in [-0.39, 0.29) is 17.4 Å². The maximum atomic E-state index is 11.4. The van der Waals surface area contributed by atoms with Gasteiger partial charge in [0.1, 0.15) is 5.78 Å². The minimum Gasteiger partial charge on any atom is -0.453 e. The first-order chi connectivity index (χ1) is 16.9. The lowest BCUT2D eigenvalue weighted by Gasteiger charge is -2.33. The number of carbonyl (C=O) groups excluding carboxylic acids is 1. The lowest BCUT2D eigenvalue weighted by atomic mass is 9.92. The predicted octanol–water partition coefficient (Wildman–Crippen LogP) is 4.90. The van der Waals surface area contributed by atoms with Gasteiger partial charge in [-0.3, -0.25) is 4.79 Å². The lowest BCUT2D eigenvalue weighted by Crippen LogP contribution is -2.34. The van der Waals surface area contributed by atoms with Crippen LogP contribution in [0.2, 0.25) is 5.02 Å². The first-order valence-corrected chi connectivity index (χ1v) is 12.0. The summed E-state index contributed by atoms with van der Waals surface area (Å²) in [6.45, 7) is 5.31. The van der Waals surface area contributed by atoms with E-state index in [1.807, 2.05) is 12.1 Å². The highest BCUT2D eigenvalue weighted by molar-refractivity contribution is 6.33. The number of aromatic nitrogens is 4. The van der Waals surface area contributed by atoms with Crippen molar-refractivity contribution in [3.63, 3.8) is 0 Å². The third kappa shape index (κ3) is 5.09. The van der Waals surface area contributed by atoms with E-state index in [2.05, 4.69) is 37.1 Å². The summed E-state index contributed by atoms with van der Waals surface area (Å²) in [5, 5.41) is 2.74. The molecule has 4 heterocycles. The number of ether oxygens (including phenoxy) is 1. The van der Waals surface area contributed by atoms with Crippen LogP contribution in [-0.2, 0) is 4.79 Å². The molecule has 0 spiro atoms. The number of Topliss-reactive ketones (excluding diaryl/α,β-unsaturated/α-hetero) is 1. The number of pyridine rings is 1. The van der Waals surface area contributed by atoms with Gasteiger partial charge in [-0.15, -0.1) is 0 Å². The van der Waals surface area contributed by atoms with E-state index in [0.717, 1.165) is 37.2 Å². The van der Waals surface area contributed by atoms with Crippen LogP contribution in [0.5, 0.6) is 6.01 Å². The second-order valence-electron chi connectivity index (χ2n) is 8.99. The van der Waals surface area contributed by atoms with Gasteiger partial charge in [0.05, 0.1) is 22.3 Å². The maximum absolute atomic E-state index is 11.4. The number of anilines is 1. The van der Waals surface area contributed by atoms with Crippen LogP contribution in [0.15, 0.2) is 45.7 Å². The number of piperidine rings is 1. The number of hydrogen-bond acceptors (Lipinski definition) is 7. The standard InChI is InChI=1S/C25H26ClN5O4/c1-14(32)11-16-7-9-31(10-8-16)18-5-3-17(4-6-18)23-19(26)12-20-24(28-23)29-25(27-20)34-15(2)21-13-22(33)30-35-21/h3-6,12-13,15-16H,7-11H2,1-2H3,(H,30,33)(H,27,28,29). The van der Waals surface area contributed by atoms with Crippen molar-refractivity contribution in [2.24, 2.45) is 5.92 Å². The summed E-state index contributed by atoms with van der Waals surface area (Å²) in [5.41, 5.74) is 3.45. The van der Waals surface area contributed by atoms with Crippen molar-refractivity contribution in [1.29, 1.82) is 0 Å². The van der Waals surface area contributed by atoms with Crippen molar-refractivity contribution >= 4 is 34.2 Å². The summed E-state index contributed by atoms with van der Waals surface area (Å²) in [6.07, 6.45) is 2.22. The van der Waals surface area contributed by atoms with Gasteiger partial charge in [0.25, 0.3) is 11.6 Å². The number of aromatic amines is 2. The first-order valence-electron chi connectivity index (χ1n) is 11.6. The minimum absolute atomic E-state index is 0.251. The summed E-state index contributed by atoms with van der Waals surface area (Å²) >= 11 is 6.55. The van der Waals surface area contributed by atoms with Crippen LogP contribution in [0.1, 0.15) is 45.0 Å². The van der Waals surface area contributed by atoms with Crippen LogP contribution in [0.4, 0.5) is 5.69 Å². The maximum Gasteiger partial charge on any atom is 0.296 e. The molecule has 0 radical (unpaired) electrons. The van der Waals surface area contributed by atoms with E-state index in [4.69, 9.17) is 20.9 Å². The molecule has 35 heavy (non-hydrogen) atoms. The van der Waals surface area contributed by atoms with Crippen LogP contribution >= 0.6 is 11.6 Å². The zero-order valence-corrected chi connectivity index (χ0v) is 20.3. The molecule has 5 rings (SSSR count). The fourth-order valence-electron chi connectivity index (χ4n) is 4.51. The minimum atomic E-state index is -0.524. The van der Waals surface area contributed by atoms with Gasteiger partial charge >= 0.3 is 0 Å². The van der Waals surface area contributed by atoms with Gasteiger partial charge in [0.15, 0.2) is 17.5 Å². The zero-order valence-electron chi connectivity index (χ0n) is 19.5. The van der Waals surface area contributed by atoms with Gasteiger partial charge in [-0.1, -0.05) is 23.7 Å². The van der Waals surface area contributed by atoms with E-state index >= 15 is 0 Å². The molecule has 4 aromatic rings. The Morgan fingerprint density at radius 3 is 2.63 bits per heavy atom. The molecule has 1 saturated heterocycles. The molecule has 2 N–H and O–H groups in total. The topological polar surface area (TPSA) is 117 Å². The molecule has 1 unspecified atom stereocenters. The highest BCUT2D eigenvalue weighted by atomic mass is 35.5. The first kappa shape index (κ1) is 23.2. The third-order valence-corrected chi connectivity index (χ3v) is 6.62. The van der Waals surface area contributed by atoms with Crippen molar-refractivity contribution in [2.45, 2.75) is 39.2 Å². The molecule has 1 aromatic carbocycles. The zero-order chi connectivity index (χ0) is 24.5. The molecule has 1 fully saturated rings. The molecule has 1 aliphatic heterocycles. The van der Waals surface area contributed by atoms with E-state index in [9.17, 15) is 9.59 Å². The van der Waals surface area contributed by atoms with Crippen molar-refractivity contribution in [3.8, 4) is 17.3 Å². The van der Waals surface area contributed by atoms with Gasteiger partial charge in [0.2, 0.25) is 0 Å². The average Bonchev–Trinajstić information content (AvgIpc) is 3.44. The van der Waals surface area contributed by atoms with Crippen LogP contribution in [0.3, 0.4) is 0 Å². The number of carbonyl (C=O) groups is 1. The number of imidazole rings is 1. The average molecular weight is 496 g/mol. The van der Waals surface area contributed by atoms with Gasteiger partial charge in [-0.25, -0.2) is 4.98 Å². The van der Waals surface area contributed by atoms with Crippen LogP contribution < -0.4 is 15.2 Å². The molecule has 0 aliphatic carbocycles. The van der Waals surface area contributed by atoms with Crippen LogP contribution in [0.25, 0.3) is 22.4 Å². The molecule has 0 saturated carbocycles. The molecule has 0 amide bonds.